The van der Waals surface area contributed by atoms with Gasteiger partial charge in [0.15, 0.2) is 0 Å². The largest absolute Gasteiger partial charge is 0.448 e. The van der Waals surface area contributed by atoms with Gasteiger partial charge >= 0.3 is 12.3 Å². The van der Waals surface area contributed by atoms with Crippen molar-refractivity contribution in [3.05, 3.63) is 11.9 Å². The molecule has 8 heteroatoms. The van der Waals surface area contributed by atoms with Crippen LogP contribution < -0.4 is 0 Å². The molecule has 0 aromatic carbocycles. The Kier molecular flexibility index (Phi) is 15.2. The molecular weight excluding hydrogens is 302 g/mol. The molecule has 0 aliphatic rings. The average Bonchev–Trinajstić information content (AvgIpc) is 2.40. The molecule has 0 aliphatic heterocycles. The van der Waals surface area contributed by atoms with Crippen LogP contribution in [0.25, 0.3) is 0 Å². The monoisotopic (exact) mass is 324 g/mol. The standard InChI is InChI=1S/C10H22O2.C3F6/c1-3-5-7-9-11-12-10-8-6-4-2;4-1(2(5)6)3(7,8)9/h3-10H2,1-2H3;. The molecule has 0 N–H and O–H groups in total. The number of hydrogen-bond donors (Lipinski definition) is 0. The first kappa shape index (κ1) is 22.5. The second kappa shape index (κ2) is 14.2. The topological polar surface area (TPSA) is 18.5 Å². The summed E-state index contributed by atoms with van der Waals surface area (Å²) in [6, 6.07) is 0. The van der Waals surface area contributed by atoms with Crippen LogP contribution in [0.3, 0.4) is 0 Å². The average molecular weight is 324 g/mol. The third kappa shape index (κ3) is 17.2. The molecule has 0 radical (unpaired) electrons. The van der Waals surface area contributed by atoms with Crippen LogP contribution in [-0.4, -0.2) is 19.4 Å². The molecule has 0 aliphatic carbocycles. The molecule has 0 heterocycles. The summed E-state index contributed by atoms with van der Waals surface area (Å²) >= 11 is 0. The number of alkyl halides is 3. The molecule has 0 fully saturated rings. The van der Waals surface area contributed by atoms with Gasteiger partial charge in [-0.05, 0) is 12.8 Å². The first-order valence-corrected chi connectivity index (χ1v) is 6.79. The number of unbranched alkanes of at least 4 members (excludes halogenated alkanes) is 4. The second-order valence-electron chi connectivity index (χ2n) is 4.13. The molecule has 0 amide bonds. The van der Waals surface area contributed by atoms with Crippen molar-refractivity contribution >= 4 is 0 Å². The normalized spacial score (nSPS) is 10.9. The lowest BCUT2D eigenvalue weighted by Crippen LogP contribution is -2.08. The van der Waals surface area contributed by atoms with E-state index >= 15 is 0 Å². The van der Waals surface area contributed by atoms with Gasteiger partial charge in [0, 0.05) is 0 Å². The number of hydrogen-bond acceptors (Lipinski definition) is 2. The highest BCUT2D eigenvalue weighted by atomic mass is 19.4. The van der Waals surface area contributed by atoms with E-state index in [1.807, 2.05) is 0 Å². The van der Waals surface area contributed by atoms with Crippen molar-refractivity contribution in [1.82, 2.24) is 0 Å². The van der Waals surface area contributed by atoms with Gasteiger partial charge in [0.2, 0.25) is 0 Å². The molecule has 0 aromatic heterocycles. The minimum atomic E-state index is -5.56. The van der Waals surface area contributed by atoms with Crippen LogP contribution >= 0.6 is 0 Å². The lowest BCUT2D eigenvalue weighted by atomic mass is 10.3. The van der Waals surface area contributed by atoms with E-state index in [0.717, 1.165) is 26.1 Å². The van der Waals surface area contributed by atoms with E-state index in [0.29, 0.717) is 0 Å². The third-order valence-electron chi connectivity index (χ3n) is 2.16. The molecule has 0 saturated carbocycles. The fraction of sp³-hybridized carbons (Fsp3) is 0.846. The van der Waals surface area contributed by atoms with E-state index in [4.69, 9.17) is 9.78 Å². The lowest BCUT2D eigenvalue weighted by molar-refractivity contribution is -0.295. The summed E-state index contributed by atoms with van der Waals surface area (Å²) in [6.07, 6.45) is -1.73. The SMILES string of the molecule is CCCCCOOCCCCC.FC(F)=C(F)C(F)(F)F. The van der Waals surface area contributed by atoms with Crippen molar-refractivity contribution in [2.75, 3.05) is 13.2 Å². The van der Waals surface area contributed by atoms with Crippen molar-refractivity contribution in [3.8, 4) is 0 Å². The summed E-state index contributed by atoms with van der Waals surface area (Å²) in [4.78, 5) is 9.96. The molecule has 0 bridgehead atoms. The molecule has 0 unspecified atom stereocenters. The van der Waals surface area contributed by atoms with E-state index in [1.54, 1.807) is 0 Å². The fourth-order valence-electron chi connectivity index (χ4n) is 1.05. The van der Waals surface area contributed by atoms with Gasteiger partial charge in [0.25, 0.3) is 5.83 Å². The maximum Gasteiger partial charge on any atom is 0.448 e. The van der Waals surface area contributed by atoms with Gasteiger partial charge in [0.05, 0.1) is 13.2 Å². The molecular formula is C13H22F6O2. The molecule has 0 atom stereocenters. The Morgan fingerprint density at radius 1 is 0.762 bits per heavy atom. The minimum Gasteiger partial charge on any atom is -0.237 e. The first-order valence-electron chi connectivity index (χ1n) is 6.79. The van der Waals surface area contributed by atoms with Crippen LogP contribution in [0.4, 0.5) is 26.3 Å². The zero-order valence-corrected chi connectivity index (χ0v) is 12.2. The van der Waals surface area contributed by atoms with Crippen molar-refractivity contribution in [3.63, 3.8) is 0 Å². The van der Waals surface area contributed by atoms with Gasteiger partial charge in [-0.1, -0.05) is 39.5 Å². The van der Waals surface area contributed by atoms with Crippen molar-refractivity contribution in [2.45, 2.75) is 58.5 Å². The summed E-state index contributed by atoms with van der Waals surface area (Å²) in [5.74, 6) is -3.33. The van der Waals surface area contributed by atoms with E-state index in [9.17, 15) is 26.3 Å². The maximum atomic E-state index is 11.0. The van der Waals surface area contributed by atoms with Crippen LogP contribution in [0, 0.1) is 0 Å². The summed E-state index contributed by atoms with van der Waals surface area (Å²) < 4.78 is 64.8. The van der Waals surface area contributed by atoms with Crippen LogP contribution in [0.5, 0.6) is 0 Å². The number of rotatable bonds is 9. The van der Waals surface area contributed by atoms with Crippen molar-refractivity contribution < 1.29 is 36.1 Å². The third-order valence-corrected chi connectivity index (χ3v) is 2.16. The van der Waals surface area contributed by atoms with Gasteiger partial charge in [-0.15, -0.1) is 0 Å². The van der Waals surface area contributed by atoms with E-state index < -0.39 is 18.1 Å². The van der Waals surface area contributed by atoms with E-state index in [1.165, 1.54) is 25.7 Å². The van der Waals surface area contributed by atoms with Crippen molar-refractivity contribution in [2.24, 2.45) is 0 Å². The predicted molar refractivity (Wildman–Crippen MR) is 67.4 cm³/mol. The summed E-state index contributed by atoms with van der Waals surface area (Å²) in [5, 5.41) is 0. The first-order chi connectivity index (χ1) is 9.77. The number of halogens is 6. The van der Waals surface area contributed by atoms with Gasteiger partial charge in [-0.2, -0.15) is 26.3 Å². The molecule has 0 spiro atoms. The quantitative estimate of drug-likeness (QED) is 0.226. The molecule has 0 rings (SSSR count). The second-order valence-corrected chi connectivity index (χ2v) is 4.13. The molecule has 0 saturated heterocycles. The molecule has 128 valence electrons. The van der Waals surface area contributed by atoms with Gasteiger partial charge < -0.3 is 0 Å². The Hall–Kier alpha value is -0.760. The Labute approximate surface area is 121 Å². The smallest absolute Gasteiger partial charge is 0.237 e. The molecule has 21 heavy (non-hydrogen) atoms. The lowest BCUT2D eigenvalue weighted by Gasteiger charge is -2.02. The molecule has 0 aromatic rings. The van der Waals surface area contributed by atoms with Gasteiger partial charge in [0.1, 0.15) is 0 Å². The Bertz CT molecular complexity index is 252. The van der Waals surface area contributed by atoms with Crippen molar-refractivity contribution in [1.29, 1.82) is 0 Å². The highest BCUT2D eigenvalue weighted by Gasteiger charge is 2.38. The highest BCUT2D eigenvalue weighted by Crippen LogP contribution is 2.29. The van der Waals surface area contributed by atoms with Gasteiger partial charge in [-0.3, -0.25) is 0 Å². The van der Waals surface area contributed by atoms with E-state index in [-0.39, 0.29) is 0 Å². The molecule has 2 nitrogen and oxygen atoms in total. The van der Waals surface area contributed by atoms with Crippen LogP contribution in [0.2, 0.25) is 0 Å². The van der Waals surface area contributed by atoms with Crippen LogP contribution in [-0.2, 0) is 9.78 Å². The summed E-state index contributed by atoms with van der Waals surface area (Å²) in [5.41, 5.74) is 0. The summed E-state index contributed by atoms with van der Waals surface area (Å²) in [6.45, 7) is 5.87. The van der Waals surface area contributed by atoms with E-state index in [2.05, 4.69) is 13.8 Å². The van der Waals surface area contributed by atoms with Crippen LogP contribution in [0.1, 0.15) is 52.4 Å². The zero-order chi connectivity index (χ0) is 16.7. The zero-order valence-electron chi connectivity index (χ0n) is 12.2. The summed E-state index contributed by atoms with van der Waals surface area (Å²) in [7, 11) is 0. The Balaban J connectivity index is 0. The van der Waals surface area contributed by atoms with Crippen LogP contribution in [0.15, 0.2) is 11.9 Å². The maximum absolute atomic E-state index is 11.0. The predicted octanol–water partition coefficient (Wildman–Crippen LogP) is 5.94. The highest BCUT2D eigenvalue weighted by molar-refractivity contribution is 4.98. The number of allylic oxidation sites excluding steroid dienone is 1. The Morgan fingerprint density at radius 3 is 1.33 bits per heavy atom. The van der Waals surface area contributed by atoms with Gasteiger partial charge in [-0.25, -0.2) is 9.78 Å². The minimum absolute atomic E-state index is 0.750. The Morgan fingerprint density at radius 2 is 1.14 bits per heavy atom. The fourth-order valence-corrected chi connectivity index (χ4v) is 1.05.